The third kappa shape index (κ3) is 4.49. The quantitative estimate of drug-likeness (QED) is 0.183. The Morgan fingerprint density at radius 2 is 1.08 bits per heavy atom. The Hall–Kier alpha value is -6.65. The van der Waals surface area contributed by atoms with Gasteiger partial charge in [-0.05, 0) is 34.7 Å². The average Bonchev–Trinajstić information content (AvgIpc) is 3.57. The Kier molecular flexibility index (Phi) is 6.15. The van der Waals surface area contributed by atoms with Crippen LogP contribution in [-0.2, 0) is 0 Å². The van der Waals surface area contributed by atoms with Gasteiger partial charge in [-0.3, -0.25) is 0 Å². The number of hydrogen-bond acceptors (Lipinski definition) is 4. The van der Waals surface area contributed by atoms with Crippen molar-refractivity contribution in [3.05, 3.63) is 164 Å². The summed E-state index contributed by atoms with van der Waals surface area (Å²) in [7, 11) is 0. The molecule has 0 saturated heterocycles. The highest BCUT2D eigenvalue weighted by Gasteiger charge is 2.19. The molecule has 0 unspecified atom stereocenters. The highest BCUT2D eigenvalue weighted by molar-refractivity contribution is 6.24. The third-order valence-electron chi connectivity index (χ3n) is 9.47. The molecule has 0 aliphatic heterocycles. The highest BCUT2D eigenvalue weighted by atomic mass is 16.3. The minimum Gasteiger partial charge on any atom is -0.454 e. The van der Waals surface area contributed by atoms with Crippen LogP contribution in [0.4, 0.5) is 0 Å². The summed E-state index contributed by atoms with van der Waals surface area (Å²) in [6.45, 7) is 0. The van der Waals surface area contributed by atoms with Crippen LogP contribution >= 0.6 is 0 Å². The number of aromatic nitrogens is 3. The van der Waals surface area contributed by atoms with Crippen molar-refractivity contribution in [1.82, 2.24) is 15.0 Å². The zero-order chi connectivity index (χ0) is 32.3. The van der Waals surface area contributed by atoms with Crippen LogP contribution in [0.1, 0.15) is 0 Å². The predicted octanol–water partition coefficient (Wildman–Crippen LogP) is 11.9. The Morgan fingerprint density at radius 3 is 1.96 bits per heavy atom. The monoisotopic (exact) mass is 625 g/mol. The van der Waals surface area contributed by atoms with E-state index in [2.05, 4.69) is 121 Å². The van der Waals surface area contributed by atoms with Gasteiger partial charge >= 0.3 is 0 Å². The third-order valence-corrected chi connectivity index (χ3v) is 9.47. The fourth-order valence-electron chi connectivity index (χ4n) is 7.09. The second kappa shape index (κ2) is 11.0. The fourth-order valence-corrected chi connectivity index (χ4v) is 7.09. The van der Waals surface area contributed by atoms with Gasteiger partial charge in [-0.25, -0.2) is 15.0 Å². The first kappa shape index (κ1) is 27.5. The van der Waals surface area contributed by atoms with Gasteiger partial charge < -0.3 is 4.42 Å². The molecule has 4 nitrogen and oxygen atoms in total. The lowest BCUT2D eigenvalue weighted by Crippen LogP contribution is -1.95. The van der Waals surface area contributed by atoms with Crippen LogP contribution in [-0.4, -0.2) is 15.0 Å². The van der Waals surface area contributed by atoms with Gasteiger partial charge in [0.05, 0.1) is 16.7 Å². The van der Waals surface area contributed by atoms with Gasteiger partial charge in [0.15, 0.2) is 11.4 Å². The normalized spacial score (nSPS) is 11.7. The number of para-hydroxylation sites is 2. The van der Waals surface area contributed by atoms with E-state index >= 15 is 0 Å². The van der Waals surface area contributed by atoms with Crippen molar-refractivity contribution in [1.29, 1.82) is 0 Å². The molecule has 0 bridgehead atoms. The molecule has 0 atom stereocenters. The minimum atomic E-state index is 0.721. The maximum Gasteiger partial charge on any atom is 0.162 e. The van der Waals surface area contributed by atoms with Crippen LogP contribution in [0.2, 0.25) is 0 Å². The van der Waals surface area contributed by atoms with E-state index in [1.807, 2.05) is 42.5 Å². The first-order valence-corrected chi connectivity index (χ1v) is 16.4. The predicted molar refractivity (Wildman–Crippen MR) is 201 cm³/mol. The fraction of sp³-hybridized carbons (Fsp3) is 0. The summed E-state index contributed by atoms with van der Waals surface area (Å²) in [4.78, 5) is 15.3. The molecule has 7 aromatic carbocycles. The molecule has 49 heavy (non-hydrogen) atoms. The van der Waals surface area contributed by atoms with Gasteiger partial charge in [-0.2, -0.15) is 0 Å². The molecular weight excluding hydrogens is 599 g/mol. The average molecular weight is 626 g/mol. The molecule has 0 spiro atoms. The summed E-state index contributed by atoms with van der Waals surface area (Å²) < 4.78 is 6.57. The number of benzene rings is 7. The van der Waals surface area contributed by atoms with Crippen LogP contribution in [0.3, 0.4) is 0 Å². The second-order valence-corrected chi connectivity index (χ2v) is 12.4. The van der Waals surface area contributed by atoms with Crippen molar-refractivity contribution >= 4 is 54.5 Å². The van der Waals surface area contributed by atoms with E-state index in [1.54, 1.807) is 0 Å². The number of furan rings is 1. The molecular formula is C45H27N3O. The molecule has 3 aromatic heterocycles. The van der Waals surface area contributed by atoms with Crippen LogP contribution in [0.5, 0.6) is 0 Å². The second-order valence-electron chi connectivity index (χ2n) is 12.4. The zero-order valence-corrected chi connectivity index (χ0v) is 26.3. The molecule has 0 fully saturated rings. The summed E-state index contributed by atoms with van der Waals surface area (Å²) in [5.74, 6) is 0.721. The van der Waals surface area contributed by atoms with E-state index in [9.17, 15) is 0 Å². The SMILES string of the molecule is c1ccc(-c2nc(-c3ccc(-c4cccc(-c5nc6c7ccccc7ccc6c6c5oc5ccccc56)c4)cc3)c3ccccc3n2)cc1. The minimum absolute atomic E-state index is 0.721. The summed E-state index contributed by atoms with van der Waals surface area (Å²) in [5, 5.41) is 6.63. The molecule has 0 aliphatic rings. The van der Waals surface area contributed by atoms with Gasteiger partial charge in [-0.15, -0.1) is 0 Å². The first-order valence-electron chi connectivity index (χ1n) is 16.4. The molecule has 4 heteroatoms. The van der Waals surface area contributed by atoms with Crippen LogP contribution in [0, 0.1) is 0 Å². The van der Waals surface area contributed by atoms with Gasteiger partial charge in [0.2, 0.25) is 0 Å². The number of rotatable bonds is 4. The smallest absolute Gasteiger partial charge is 0.162 e. The van der Waals surface area contributed by atoms with Crippen LogP contribution in [0.25, 0.3) is 99.5 Å². The van der Waals surface area contributed by atoms with Crippen LogP contribution < -0.4 is 0 Å². The summed E-state index contributed by atoms with van der Waals surface area (Å²) in [6.07, 6.45) is 0. The molecule has 10 rings (SSSR count). The summed E-state index contributed by atoms with van der Waals surface area (Å²) in [5.41, 5.74) is 10.6. The van der Waals surface area contributed by atoms with E-state index in [0.29, 0.717) is 0 Å². The van der Waals surface area contributed by atoms with Crippen molar-refractivity contribution in [2.75, 3.05) is 0 Å². The Morgan fingerprint density at radius 1 is 0.388 bits per heavy atom. The molecule has 3 heterocycles. The van der Waals surface area contributed by atoms with E-state index in [0.717, 1.165) is 94.2 Å². The Bertz CT molecular complexity index is 2870. The highest BCUT2D eigenvalue weighted by Crippen LogP contribution is 2.41. The van der Waals surface area contributed by atoms with Crippen molar-refractivity contribution < 1.29 is 4.42 Å². The Balaban J connectivity index is 1.11. The largest absolute Gasteiger partial charge is 0.454 e. The molecule has 0 radical (unpaired) electrons. The molecule has 228 valence electrons. The molecule has 0 N–H and O–H groups in total. The lowest BCUT2D eigenvalue weighted by atomic mass is 9.97. The maximum atomic E-state index is 6.57. The van der Waals surface area contributed by atoms with E-state index in [4.69, 9.17) is 19.4 Å². The van der Waals surface area contributed by atoms with Crippen molar-refractivity contribution in [2.45, 2.75) is 0 Å². The van der Waals surface area contributed by atoms with Crippen molar-refractivity contribution in [3.63, 3.8) is 0 Å². The van der Waals surface area contributed by atoms with E-state index < -0.39 is 0 Å². The molecule has 0 amide bonds. The summed E-state index contributed by atoms with van der Waals surface area (Å²) >= 11 is 0. The number of pyridine rings is 1. The topological polar surface area (TPSA) is 51.8 Å². The van der Waals surface area contributed by atoms with Gasteiger partial charge in [0.1, 0.15) is 11.3 Å². The van der Waals surface area contributed by atoms with Crippen molar-refractivity contribution in [3.8, 4) is 45.0 Å². The van der Waals surface area contributed by atoms with Gasteiger partial charge in [-0.1, -0.05) is 146 Å². The standard InChI is InChI=1S/C45H27N3O/c1-2-12-31(13-3-1)45-46-38-19-8-6-17-35(38)41(48-45)30-23-21-28(22-24-30)32-14-10-15-33(27-32)42-44-40(36-18-7-9-20-39(36)49-44)37-26-25-29-11-4-5-16-34(29)43(37)47-42/h1-27H. The Labute approximate surface area is 282 Å². The molecule has 0 aliphatic carbocycles. The zero-order valence-electron chi connectivity index (χ0n) is 26.3. The van der Waals surface area contributed by atoms with Gasteiger partial charge in [0, 0.05) is 43.6 Å². The van der Waals surface area contributed by atoms with E-state index in [-0.39, 0.29) is 0 Å². The lowest BCUT2D eigenvalue weighted by molar-refractivity contribution is 0.669. The van der Waals surface area contributed by atoms with E-state index in [1.165, 1.54) is 5.39 Å². The number of fused-ring (bicyclic) bond motifs is 8. The van der Waals surface area contributed by atoms with Gasteiger partial charge in [0.25, 0.3) is 0 Å². The van der Waals surface area contributed by atoms with Crippen molar-refractivity contribution in [2.24, 2.45) is 0 Å². The molecule has 10 aromatic rings. The van der Waals surface area contributed by atoms with Crippen LogP contribution in [0.15, 0.2) is 168 Å². The maximum absolute atomic E-state index is 6.57. The number of nitrogens with zero attached hydrogens (tertiary/aromatic N) is 3. The molecule has 0 saturated carbocycles. The summed E-state index contributed by atoms with van der Waals surface area (Å²) in [6, 6.07) is 56.7. The first-order chi connectivity index (χ1) is 24.3. The lowest BCUT2D eigenvalue weighted by Gasteiger charge is -2.11. The number of hydrogen-bond donors (Lipinski definition) is 0.